The van der Waals surface area contributed by atoms with Crippen molar-refractivity contribution in [3.8, 4) is 12.3 Å². The van der Waals surface area contributed by atoms with Gasteiger partial charge in [-0.1, -0.05) is 49.6 Å². The molecule has 254 valence electrons. The number of piperidine rings is 1. The van der Waals surface area contributed by atoms with Crippen LogP contribution < -0.4 is 4.72 Å². The van der Waals surface area contributed by atoms with Crippen molar-refractivity contribution in [2.24, 2.45) is 5.92 Å². The van der Waals surface area contributed by atoms with E-state index >= 15 is 0 Å². The second kappa shape index (κ2) is 17.4. The van der Waals surface area contributed by atoms with Gasteiger partial charge in [0.25, 0.3) is 5.91 Å². The first-order valence-electron chi connectivity index (χ1n) is 17.9. The van der Waals surface area contributed by atoms with E-state index in [2.05, 4.69) is 67.9 Å². The van der Waals surface area contributed by atoms with Gasteiger partial charge in [-0.2, -0.15) is 0 Å². The molecule has 1 saturated carbocycles. The molecule has 3 fully saturated rings. The monoisotopic (exact) mass is 657 g/mol. The summed E-state index contributed by atoms with van der Waals surface area (Å²) in [4.78, 5) is 32.3. The van der Waals surface area contributed by atoms with Gasteiger partial charge in [-0.3, -0.25) is 14.3 Å². The third-order valence-corrected chi connectivity index (χ3v) is 11.0. The summed E-state index contributed by atoms with van der Waals surface area (Å²) < 4.78 is 7.29. The van der Waals surface area contributed by atoms with Gasteiger partial charge in [-0.05, 0) is 109 Å². The van der Waals surface area contributed by atoms with Gasteiger partial charge in [0.1, 0.15) is 0 Å². The maximum atomic E-state index is 14.3. The van der Waals surface area contributed by atoms with E-state index in [1.807, 2.05) is 24.5 Å². The molecular weight excluding hydrogens is 603 g/mol. The molecule has 4 aliphatic rings. The van der Waals surface area contributed by atoms with E-state index < -0.39 is 0 Å². The molecule has 0 radical (unpaired) electrons. The number of carbonyl (C=O) groups excluding carboxylic acids is 2. The van der Waals surface area contributed by atoms with Crippen LogP contribution in [0.4, 0.5) is 0 Å². The fraction of sp³-hybridized carbons (Fsp3) is 0.590. The van der Waals surface area contributed by atoms with Crippen LogP contribution in [-0.4, -0.2) is 76.8 Å². The van der Waals surface area contributed by atoms with Crippen molar-refractivity contribution in [1.29, 1.82) is 0 Å². The van der Waals surface area contributed by atoms with E-state index in [9.17, 15) is 9.59 Å². The number of carbonyl (C=O) groups is 2. The summed E-state index contributed by atoms with van der Waals surface area (Å²) in [6.45, 7) is 6.51. The minimum atomic E-state index is -0.0883. The van der Waals surface area contributed by atoms with E-state index in [0.29, 0.717) is 30.0 Å². The second-order valence-electron chi connectivity index (χ2n) is 13.8. The summed E-state index contributed by atoms with van der Waals surface area (Å²) in [5.74, 6) is 2.92. The molecule has 4 heterocycles. The van der Waals surface area contributed by atoms with Crippen LogP contribution in [0.15, 0.2) is 42.5 Å². The molecule has 0 spiro atoms. The summed E-state index contributed by atoms with van der Waals surface area (Å²) in [6, 6.07) is 6.89. The summed E-state index contributed by atoms with van der Waals surface area (Å²) >= 11 is 1.30. The van der Waals surface area contributed by atoms with Gasteiger partial charge >= 0.3 is 0 Å². The van der Waals surface area contributed by atoms with Crippen LogP contribution >= 0.6 is 12.1 Å². The van der Waals surface area contributed by atoms with Crippen molar-refractivity contribution in [2.45, 2.75) is 102 Å². The number of likely N-dealkylation sites (tertiary alicyclic amines) is 2. The van der Waals surface area contributed by atoms with Gasteiger partial charge in [0.15, 0.2) is 0 Å². The number of rotatable bonds is 6. The Morgan fingerprint density at radius 3 is 2.34 bits per heavy atom. The van der Waals surface area contributed by atoms with Crippen LogP contribution in [0.2, 0.25) is 0 Å². The zero-order chi connectivity index (χ0) is 33.2. The first-order chi connectivity index (χ1) is 22.9. The van der Waals surface area contributed by atoms with Crippen molar-refractivity contribution in [2.75, 3.05) is 40.3 Å². The predicted octanol–water partition coefficient (Wildman–Crippen LogP) is 7.33. The number of aromatic nitrogens is 1. The molecule has 2 amide bonds. The number of nitrogens with one attached hydrogen (secondary N) is 1. The molecule has 3 aliphatic heterocycles. The SMILES string of the molecule is C#CC.CN(C)SNC(=O)c1ccc2c(C3CCCCC3)c3n(c2c1)CC(C(=O)N1CCC(N2CCCC2)CC1)CC/C=C\C=C/C3. The molecule has 1 unspecified atom stereocenters. The minimum absolute atomic E-state index is 0.0866. The molecule has 1 aromatic heterocycles. The number of nitrogens with zero attached hydrogens (tertiary/aromatic N) is 4. The highest BCUT2D eigenvalue weighted by Gasteiger charge is 2.33. The van der Waals surface area contributed by atoms with Gasteiger partial charge in [-0.15, -0.1) is 12.3 Å². The summed E-state index contributed by atoms with van der Waals surface area (Å²) in [6.07, 6.45) is 27.1. The average Bonchev–Trinajstić information content (AvgIpc) is 3.72. The number of benzene rings is 1. The number of hydrogen-bond donors (Lipinski definition) is 1. The fourth-order valence-electron chi connectivity index (χ4n) is 8.10. The van der Waals surface area contributed by atoms with Gasteiger partial charge in [-0.25, -0.2) is 4.31 Å². The number of fused-ring (bicyclic) bond motifs is 3. The number of allylic oxidation sites excluding steroid dienone is 4. The summed E-state index contributed by atoms with van der Waals surface area (Å²) in [7, 11) is 3.84. The van der Waals surface area contributed by atoms with Crippen LogP contribution in [-0.2, 0) is 17.8 Å². The quantitative estimate of drug-likeness (QED) is 0.260. The molecule has 2 saturated heterocycles. The minimum Gasteiger partial charge on any atom is -0.343 e. The zero-order valence-corrected chi connectivity index (χ0v) is 29.7. The van der Waals surface area contributed by atoms with Crippen molar-refractivity contribution in [3.05, 3.63) is 59.3 Å². The van der Waals surface area contributed by atoms with E-state index in [0.717, 1.165) is 50.7 Å². The standard InChI is InChI=1S/C36H51N5O2S.C3H4/c1-38(2)44-37-35(42)28-17-18-31-33(25-28)41-26-29(36(43)40-23-19-30(20-24-40)39-21-11-12-22-39)15-7-4-3-5-10-16-32(41)34(31)27-13-8-6-9-14-27;1-3-2/h3-5,10,17-18,25,27,29-30H,6-9,11-16,19-24,26H2,1-2H3,(H,37,42);1H,2H3/b4-3-,10-5-;. The maximum Gasteiger partial charge on any atom is 0.262 e. The van der Waals surface area contributed by atoms with Gasteiger partial charge in [0.2, 0.25) is 5.91 Å². The van der Waals surface area contributed by atoms with Crippen molar-refractivity contribution < 1.29 is 9.59 Å². The average molecular weight is 658 g/mol. The Morgan fingerprint density at radius 2 is 1.64 bits per heavy atom. The Balaban J connectivity index is 0.00000139. The highest BCUT2D eigenvalue weighted by Crippen LogP contribution is 2.41. The van der Waals surface area contributed by atoms with E-state index in [1.54, 1.807) is 6.92 Å². The Hall–Kier alpha value is -2.99. The van der Waals surface area contributed by atoms with Crippen molar-refractivity contribution in [3.63, 3.8) is 0 Å². The largest absolute Gasteiger partial charge is 0.343 e. The summed E-state index contributed by atoms with van der Waals surface area (Å²) in [5.41, 5.74) is 4.57. The smallest absolute Gasteiger partial charge is 0.262 e. The van der Waals surface area contributed by atoms with Crippen LogP contribution in [0.25, 0.3) is 10.9 Å². The van der Waals surface area contributed by atoms with Crippen LogP contribution in [0.3, 0.4) is 0 Å². The number of terminal acetylenes is 1. The lowest BCUT2D eigenvalue weighted by atomic mass is 9.82. The highest BCUT2D eigenvalue weighted by atomic mass is 32.2. The Bertz CT molecular complexity index is 1450. The normalized spacial score (nSPS) is 22.9. The maximum absolute atomic E-state index is 14.3. The van der Waals surface area contributed by atoms with Crippen molar-refractivity contribution >= 4 is 34.9 Å². The van der Waals surface area contributed by atoms with Gasteiger partial charge < -0.3 is 14.4 Å². The molecule has 2 aromatic rings. The lowest BCUT2D eigenvalue weighted by Gasteiger charge is -2.38. The third-order valence-electron chi connectivity index (χ3n) is 10.4. The number of amides is 2. The molecule has 47 heavy (non-hydrogen) atoms. The third kappa shape index (κ3) is 8.93. The lowest BCUT2D eigenvalue weighted by Crippen LogP contribution is -2.48. The van der Waals surface area contributed by atoms with E-state index in [-0.39, 0.29) is 11.8 Å². The fourth-order valence-corrected chi connectivity index (χ4v) is 8.48. The molecule has 8 heteroatoms. The molecule has 6 rings (SSSR count). The second-order valence-corrected chi connectivity index (χ2v) is 14.9. The Kier molecular flexibility index (Phi) is 13.1. The zero-order valence-electron chi connectivity index (χ0n) is 28.9. The summed E-state index contributed by atoms with van der Waals surface area (Å²) in [5, 5.41) is 1.27. The topological polar surface area (TPSA) is 60.8 Å². The Labute approximate surface area is 287 Å². The Morgan fingerprint density at radius 1 is 0.936 bits per heavy atom. The van der Waals surface area contributed by atoms with Crippen LogP contribution in [0, 0.1) is 18.3 Å². The van der Waals surface area contributed by atoms with Gasteiger partial charge in [0.05, 0.1) is 5.92 Å². The molecule has 1 N–H and O–H groups in total. The van der Waals surface area contributed by atoms with Crippen LogP contribution in [0.5, 0.6) is 0 Å². The molecule has 1 aromatic carbocycles. The lowest BCUT2D eigenvalue weighted by molar-refractivity contribution is -0.137. The predicted molar refractivity (Wildman–Crippen MR) is 196 cm³/mol. The highest BCUT2D eigenvalue weighted by molar-refractivity contribution is 7.95. The molecule has 7 nitrogen and oxygen atoms in total. The number of hydrogen-bond acceptors (Lipinski definition) is 5. The first kappa shape index (κ1) is 35.3. The van der Waals surface area contributed by atoms with Crippen LogP contribution in [0.1, 0.15) is 105 Å². The molecular formula is C39H55N5O2S. The molecule has 1 aliphatic carbocycles. The van der Waals surface area contributed by atoms with E-state index in [1.165, 1.54) is 86.8 Å². The van der Waals surface area contributed by atoms with Gasteiger partial charge in [0, 0.05) is 66.4 Å². The molecule has 0 bridgehead atoms. The molecule has 1 atom stereocenters. The van der Waals surface area contributed by atoms with Crippen molar-refractivity contribution in [1.82, 2.24) is 23.4 Å². The van der Waals surface area contributed by atoms with E-state index in [4.69, 9.17) is 0 Å². The first-order valence-corrected chi connectivity index (χ1v) is 18.7.